The fourth-order valence-corrected chi connectivity index (χ4v) is 4.09. The summed E-state index contributed by atoms with van der Waals surface area (Å²) in [4.78, 5) is 14.6. The Balaban J connectivity index is 1.90. The van der Waals surface area contributed by atoms with Gasteiger partial charge in [0.2, 0.25) is 0 Å². The summed E-state index contributed by atoms with van der Waals surface area (Å²) in [6.07, 6.45) is 0. The van der Waals surface area contributed by atoms with Gasteiger partial charge in [-0.25, -0.2) is 0 Å². The van der Waals surface area contributed by atoms with E-state index in [2.05, 4.69) is 10.2 Å². The molecule has 4 rings (SSSR count). The fourth-order valence-electron chi connectivity index (χ4n) is 3.91. The zero-order valence-electron chi connectivity index (χ0n) is 17.1. The quantitative estimate of drug-likeness (QED) is 0.516. The first-order valence-electron chi connectivity index (χ1n) is 9.79. The van der Waals surface area contributed by atoms with E-state index in [0.717, 1.165) is 5.56 Å². The lowest BCUT2D eigenvalue weighted by Gasteiger charge is -2.26. The molecule has 0 saturated heterocycles. The Morgan fingerprint density at radius 2 is 2.03 bits per heavy atom. The molecular weight excluding hydrogens is 422 g/mol. The lowest BCUT2D eigenvalue weighted by atomic mass is 9.95. The lowest BCUT2D eigenvalue weighted by Crippen LogP contribution is -2.32. The number of amides is 1. The van der Waals surface area contributed by atoms with Crippen molar-refractivity contribution in [3.05, 3.63) is 58.2 Å². The van der Waals surface area contributed by atoms with Gasteiger partial charge in [0, 0.05) is 22.7 Å². The number of fused-ring (bicyclic) bond motifs is 1. The molecule has 0 spiro atoms. The topological polar surface area (TPSA) is 108 Å². The van der Waals surface area contributed by atoms with Gasteiger partial charge in [-0.2, -0.15) is 5.10 Å². The summed E-state index contributed by atoms with van der Waals surface area (Å²) in [5, 5.41) is 27.5. The minimum atomic E-state index is -0.550. The van der Waals surface area contributed by atoms with Gasteiger partial charge >= 0.3 is 0 Å². The third kappa shape index (κ3) is 3.58. The second kappa shape index (κ2) is 8.49. The standard InChI is InChI=1S/C22H22ClN3O5/c1-3-31-16-7-4-12(10-17(16)30-2)21-18-19(14-11-13(23)5-6-15(14)28)24-25-20(18)22(29)26(21)8-9-27/h4-7,10-11,21,27-28H,3,8-9H2,1-2H3,(H,24,25). The maximum absolute atomic E-state index is 13.1. The second-order valence-electron chi connectivity index (χ2n) is 6.99. The molecule has 1 aliphatic rings. The van der Waals surface area contributed by atoms with Gasteiger partial charge in [-0.1, -0.05) is 17.7 Å². The number of nitrogens with zero attached hydrogens (tertiary/aromatic N) is 2. The minimum Gasteiger partial charge on any atom is -0.507 e. The van der Waals surface area contributed by atoms with Crippen LogP contribution in [0, 0.1) is 0 Å². The molecule has 2 heterocycles. The van der Waals surface area contributed by atoms with Crippen molar-refractivity contribution in [3.8, 4) is 28.5 Å². The third-order valence-electron chi connectivity index (χ3n) is 5.22. The van der Waals surface area contributed by atoms with Crippen LogP contribution in [0.5, 0.6) is 17.2 Å². The molecule has 31 heavy (non-hydrogen) atoms. The van der Waals surface area contributed by atoms with Crippen molar-refractivity contribution in [1.29, 1.82) is 0 Å². The van der Waals surface area contributed by atoms with Crippen LogP contribution in [0.2, 0.25) is 5.02 Å². The molecule has 3 N–H and O–H groups in total. The van der Waals surface area contributed by atoms with E-state index < -0.39 is 6.04 Å². The number of rotatable bonds is 7. The van der Waals surface area contributed by atoms with Gasteiger partial charge in [0.1, 0.15) is 17.1 Å². The summed E-state index contributed by atoms with van der Waals surface area (Å²) in [5.41, 5.74) is 2.49. The molecule has 162 valence electrons. The van der Waals surface area contributed by atoms with Crippen molar-refractivity contribution >= 4 is 17.5 Å². The summed E-state index contributed by atoms with van der Waals surface area (Å²) in [6.45, 7) is 2.29. The van der Waals surface area contributed by atoms with Crippen LogP contribution >= 0.6 is 11.6 Å². The SMILES string of the molecule is CCOc1ccc(C2c3c(-c4cc(Cl)ccc4O)n[nH]c3C(=O)N2CCO)cc1OC. The normalized spacial score (nSPS) is 15.3. The third-order valence-corrected chi connectivity index (χ3v) is 5.46. The number of halogens is 1. The summed E-state index contributed by atoms with van der Waals surface area (Å²) in [5.74, 6) is 0.823. The Kier molecular flexibility index (Phi) is 5.75. The molecule has 0 bridgehead atoms. The highest BCUT2D eigenvalue weighted by molar-refractivity contribution is 6.31. The first-order valence-corrected chi connectivity index (χ1v) is 10.2. The number of β-amino-alcohol motifs (C(OH)–C–C–N with tert-alkyl or cyclic N) is 1. The first-order chi connectivity index (χ1) is 15.0. The highest BCUT2D eigenvalue weighted by Gasteiger charge is 2.42. The van der Waals surface area contributed by atoms with Gasteiger partial charge in [0.15, 0.2) is 11.5 Å². The van der Waals surface area contributed by atoms with Gasteiger partial charge < -0.3 is 24.6 Å². The molecule has 2 aromatic carbocycles. The number of carbonyl (C=O) groups is 1. The number of aromatic nitrogens is 2. The number of hydrogen-bond acceptors (Lipinski definition) is 6. The Morgan fingerprint density at radius 1 is 1.23 bits per heavy atom. The van der Waals surface area contributed by atoms with Crippen molar-refractivity contribution in [2.24, 2.45) is 0 Å². The second-order valence-corrected chi connectivity index (χ2v) is 7.43. The molecule has 1 unspecified atom stereocenters. The average molecular weight is 444 g/mol. The van der Waals surface area contributed by atoms with Gasteiger partial charge in [-0.3, -0.25) is 9.89 Å². The summed E-state index contributed by atoms with van der Waals surface area (Å²) < 4.78 is 11.1. The molecule has 1 atom stereocenters. The molecule has 1 aliphatic heterocycles. The molecule has 1 aromatic heterocycles. The number of aromatic amines is 1. The maximum atomic E-state index is 13.1. The van der Waals surface area contributed by atoms with Crippen molar-refractivity contribution in [2.75, 3.05) is 26.9 Å². The number of H-pyrrole nitrogens is 1. The van der Waals surface area contributed by atoms with Crippen molar-refractivity contribution in [3.63, 3.8) is 0 Å². The summed E-state index contributed by atoms with van der Waals surface area (Å²) >= 11 is 6.14. The summed E-state index contributed by atoms with van der Waals surface area (Å²) in [7, 11) is 1.55. The van der Waals surface area contributed by atoms with Crippen LogP contribution in [-0.2, 0) is 0 Å². The van der Waals surface area contributed by atoms with Gasteiger partial charge in [-0.15, -0.1) is 0 Å². The van der Waals surface area contributed by atoms with E-state index in [1.165, 1.54) is 6.07 Å². The van der Waals surface area contributed by atoms with Gasteiger partial charge in [0.05, 0.1) is 26.4 Å². The predicted octanol–water partition coefficient (Wildman–Crippen LogP) is 3.38. The van der Waals surface area contributed by atoms with Gasteiger partial charge in [0.25, 0.3) is 5.91 Å². The number of ether oxygens (including phenoxy) is 2. The van der Waals surface area contributed by atoms with Crippen LogP contribution in [-0.4, -0.2) is 58.1 Å². The van der Waals surface area contributed by atoms with Crippen LogP contribution in [0.3, 0.4) is 0 Å². The number of aliphatic hydroxyl groups excluding tert-OH is 1. The van der Waals surface area contributed by atoms with E-state index in [1.807, 2.05) is 13.0 Å². The van der Waals surface area contributed by atoms with Crippen molar-refractivity contribution in [1.82, 2.24) is 15.1 Å². The van der Waals surface area contributed by atoms with Gasteiger partial charge in [-0.05, 0) is 42.8 Å². The highest BCUT2D eigenvalue weighted by Crippen LogP contribution is 2.46. The van der Waals surface area contributed by atoms with E-state index >= 15 is 0 Å². The highest BCUT2D eigenvalue weighted by atomic mass is 35.5. The number of aromatic hydroxyl groups is 1. The van der Waals surface area contributed by atoms with Crippen molar-refractivity contribution in [2.45, 2.75) is 13.0 Å². The molecule has 0 fully saturated rings. The average Bonchev–Trinajstić information content (AvgIpc) is 3.30. The Morgan fingerprint density at radius 3 is 2.74 bits per heavy atom. The van der Waals surface area contributed by atoms with Crippen LogP contribution in [0.4, 0.5) is 0 Å². The zero-order chi connectivity index (χ0) is 22.1. The number of hydrogen-bond donors (Lipinski definition) is 3. The number of carbonyl (C=O) groups excluding carboxylic acids is 1. The van der Waals surface area contributed by atoms with Crippen LogP contribution in [0.15, 0.2) is 36.4 Å². The number of phenolic OH excluding ortho intramolecular Hbond substituents is 1. The predicted molar refractivity (Wildman–Crippen MR) is 115 cm³/mol. The smallest absolute Gasteiger partial charge is 0.273 e. The molecular formula is C22H22ClN3O5. The summed E-state index contributed by atoms with van der Waals surface area (Å²) in [6, 6.07) is 9.54. The fraction of sp³-hybridized carbons (Fsp3) is 0.273. The Hall–Kier alpha value is -3.23. The Labute approximate surface area is 184 Å². The molecule has 8 nitrogen and oxygen atoms in total. The van der Waals surface area contributed by atoms with Crippen molar-refractivity contribution < 1.29 is 24.5 Å². The van der Waals surface area contributed by atoms with E-state index in [1.54, 1.807) is 36.3 Å². The first kappa shape index (κ1) is 21.0. The molecule has 1 amide bonds. The Bertz CT molecular complexity index is 1130. The van der Waals surface area contributed by atoms with Crippen LogP contribution in [0.25, 0.3) is 11.3 Å². The number of methoxy groups -OCH3 is 1. The van der Waals surface area contributed by atoms with E-state index in [4.69, 9.17) is 21.1 Å². The monoisotopic (exact) mass is 443 g/mol. The lowest BCUT2D eigenvalue weighted by molar-refractivity contribution is 0.0706. The zero-order valence-corrected chi connectivity index (χ0v) is 17.8. The number of aliphatic hydroxyl groups is 1. The number of phenols is 1. The minimum absolute atomic E-state index is 0.00483. The molecule has 3 aromatic rings. The molecule has 0 saturated carbocycles. The van der Waals surface area contributed by atoms with Crippen LogP contribution < -0.4 is 9.47 Å². The maximum Gasteiger partial charge on any atom is 0.273 e. The molecule has 0 radical (unpaired) electrons. The van der Waals surface area contributed by atoms with E-state index in [9.17, 15) is 15.0 Å². The number of benzene rings is 2. The molecule has 0 aliphatic carbocycles. The van der Waals surface area contributed by atoms with E-state index in [-0.39, 0.29) is 24.8 Å². The molecule has 9 heteroatoms. The number of nitrogens with one attached hydrogen (secondary N) is 1. The van der Waals surface area contributed by atoms with E-state index in [0.29, 0.717) is 45.6 Å². The largest absolute Gasteiger partial charge is 0.507 e. The van der Waals surface area contributed by atoms with Crippen LogP contribution in [0.1, 0.15) is 34.6 Å².